The zero-order valence-electron chi connectivity index (χ0n) is 10.5. The average Bonchev–Trinajstić information content (AvgIpc) is 2.42. The van der Waals surface area contributed by atoms with Crippen molar-refractivity contribution in [1.82, 2.24) is 9.97 Å². The Balaban J connectivity index is 2.09. The molecule has 2 aromatic carbocycles. The van der Waals surface area contributed by atoms with Gasteiger partial charge in [-0.05, 0) is 25.1 Å². The predicted octanol–water partition coefficient (Wildman–Crippen LogP) is 3.31. The number of nitrogen functional groups attached to an aromatic ring is 1. The third-order valence-electron chi connectivity index (χ3n) is 2.89. The number of nitrogens with two attached hydrogens (primary N) is 1. The van der Waals surface area contributed by atoms with Gasteiger partial charge >= 0.3 is 6.01 Å². The van der Waals surface area contributed by atoms with Gasteiger partial charge in [0.1, 0.15) is 5.75 Å². The van der Waals surface area contributed by atoms with E-state index in [9.17, 15) is 0 Å². The van der Waals surface area contributed by atoms with Crippen LogP contribution in [0.5, 0.6) is 11.8 Å². The van der Waals surface area contributed by atoms with Crippen molar-refractivity contribution in [3.63, 3.8) is 0 Å². The second-order valence-corrected chi connectivity index (χ2v) is 4.28. The lowest BCUT2D eigenvalue weighted by Crippen LogP contribution is -1.95. The van der Waals surface area contributed by atoms with Crippen LogP contribution >= 0.6 is 0 Å². The molecule has 0 aliphatic rings. The molecule has 0 amide bonds. The Kier molecular flexibility index (Phi) is 2.76. The lowest BCUT2D eigenvalue weighted by Gasteiger charge is -2.09. The van der Waals surface area contributed by atoms with E-state index in [4.69, 9.17) is 10.5 Å². The summed E-state index contributed by atoms with van der Waals surface area (Å²) in [5, 5.41) is 1.92. The minimum absolute atomic E-state index is 0.343. The first-order chi connectivity index (χ1) is 9.24. The van der Waals surface area contributed by atoms with Crippen LogP contribution in [0.4, 0.5) is 5.69 Å². The number of hydrogen-bond donors (Lipinski definition) is 1. The molecule has 4 heteroatoms. The van der Waals surface area contributed by atoms with Gasteiger partial charge in [0, 0.05) is 28.4 Å². The molecule has 3 aromatic rings. The van der Waals surface area contributed by atoms with Gasteiger partial charge in [-0.25, -0.2) is 9.97 Å². The van der Waals surface area contributed by atoms with Crippen molar-refractivity contribution in [1.29, 1.82) is 0 Å². The van der Waals surface area contributed by atoms with E-state index in [-0.39, 0.29) is 0 Å². The van der Waals surface area contributed by atoms with E-state index in [2.05, 4.69) is 9.97 Å². The maximum Gasteiger partial charge on any atom is 0.322 e. The molecule has 0 saturated carbocycles. The van der Waals surface area contributed by atoms with Crippen molar-refractivity contribution < 1.29 is 4.74 Å². The van der Waals surface area contributed by atoms with Gasteiger partial charge in [-0.1, -0.05) is 24.3 Å². The Bertz CT molecular complexity index is 740. The van der Waals surface area contributed by atoms with E-state index in [1.807, 2.05) is 49.4 Å². The van der Waals surface area contributed by atoms with E-state index in [1.54, 1.807) is 6.20 Å². The van der Waals surface area contributed by atoms with Gasteiger partial charge < -0.3 is 10.5 Å². The highest BCUT2D eigenvalue weighted by molar-refractivity contribution is 5.97. The topological polar surface area (TPSA) is 61.0 Å². The average molecular weight is 251 g/mol. The molecule has 0 bridgehead atoms. The molecule has 0 saturated heterocycles. The molecule has 0 unspecified atom stereocenters. The summed E-state index contributed by atoms with van der Waals surface area (Å²) in [6.45, 7) is 1.90. The highest BCUT2D eigenvalue weighted by Gasteiger charge is 2.07. The summed E-state index contributed by atoms with van der Waals surface area (Å²) in [5.74, 6) is 0.704. The van der Waals surface area contributed by atoms with Crippen LogP contribution in [-0.4, -0.2) is 9.97 Å². The van der Waals surface area contributed by atoms with Crippen molar-refractivity contribution >= 4 is 16.5 Å². The number of benzene rings is 2. The second kappa shape index (κ2) is 4.57. The summed E-state index contributed by atoms with van der Waals surface area (Å²) in [6.07, 6.45) is 1.68. The lowest BCUT2D eigenvalue weighted by molar-refractivity contribution is 0.445. The highest BCUT2D eigenvalue weighted by atomic mass is 16.5. The smallest absolute Gasteiger partial charge is 0.322 e. The fourth-order valence-corrected chi connectivity index (χ4v) is 1.96. The number of anilines is 1. The molecule has 0 aliphatic carbocycles. The molecule has 94 valence electrons. The van der Waals surface area contributed by atoms with Gasteiger partial charge in [-0.3, -0.25) is 0 Å². The number of fused-ring (bicyclic) bond motifs is 1. The Hall–Kier alpha value is -2.62. The molecular weight excluding hydrogens is 238 g/mol. The Morgan fingerprint density at radius 2 is 1.79 bits per heavy atom. The van der Waals surface area contributed by atoms with Crippen LogP contribution < -0.4 is 10.5 Å². The number of hydrogen-bond acceptors (Lipinski definition) is 4. The predicted molar refractivity (Wildman–Crippen MR) is 75.2 cm³/mol. The summed E-state index contributed by atoms with van der Waals surface area (Å²) < 4.78 is 5.75. The maximum atomic E-state index is 5.96. The van der Waals surface area contributed by atoms with E-state index < -0.39 is 0 Å². The molecule has 3 rings (SSSR count). The fraction of sp³-hybridized carbons (Fsp3) is 0.0667. The van der Waals surface area contributed by atoms with E-state index in [0.717, 1.165) is 22.2 Å². The van der Waals surface area contributed by atoms with Crippen LogP contribution in [0.15, 0.2) is 48.7 Å². The number of aryl methyl sites for hydroxylation is 1. The van der Waals surface area contributed by atoms with Crippen molar-refractivity contribution in [3.05, 3.63) is 54.4 Å². The van der Waals surface area contributed by atoms with Crippen molar-refractivity contribution in [2.75, 3.05) is 5.73 Å². The van der Waals surface area contributed by atoms with Gasteiger partial charge in [0.25, 0.3) is 0 Å². The Labute approximate surface area is 110 Å². The van der Waals surface area contributed by atoms with E-state index >= 15 is 0 Å². The Morgan fingerprint density at radius 3 is 2.58 bits per heavy atom. The molecule has 0 atom stereocenters. The van der Waals surface area contributed by atoms with Gasteiger partial charge in [-0.15, -0.1) is 0 Å². The second-order valence-electron chi connectivity index (χ2n) is 4.28. The molecule has 0 fully saturated rings. The van der Waals surface area contributed by atoms with Crippen LogP contribution in [0.1, 0.15) is 5.69 Å². The normalized spacial score (nSPS) is 10.6. The minimum Gasteiger partial charge on any atom is -0.424 e. The maximum absolute atomic E-state index is 5.96. The van der Waals surface area contributed by atoms with Crippen LogP contribution in [0.25, 0.3) is 10.8 Å². The fourth-order valence-electron chi connectivity index (χ4n) is 1.96. The van der Waals surface area contributed by atoms with Crippen molar-refractivity contribution in [3.8, 4) is 11.8 Å². The van der Waals surface area contributed by atoms with E-state index in [1.165, 1.54) is 0 Å². The molecule has 19 heavy (non-hydrogen) atoms. The minimum atomic E-state index is 0.343. The SMILES string of the molecule is Cc1ccnc(Oc2ccc(N)c3ccccc23)n1. The van der Waals surface area contributed by atoms with Gasteiger partial charge in [0.2, 0.25) is 0 Å². The summed E-state index contributed by atoms with van der Waals surface area (Å²) in [5.41, 5.74) is 7.55. The van der Waals surface area contributed by atoms with Crippen molar-refractivity contribution in [2.45, 2.75) is 6.92 Å². The van der Waals surface area contributed by atoms with Gasteiger partial charge in [0.05, 0.1) is 0 Å². The summed E-state index contributed by atoms with van der Waals surface area (Å²) in [6, 6.07) is 13.7. The molecule has 0 aliphatic heterocycles. The molecule has 1 aromatic heterocycles. The van der Waals surface area contributed by atoms with Gasteiger partial charge in [-0.2, -0.15) is 0 Å². The molecule has 0 spiro atoms. The Morgan fingerprint density at radius 1 is 1.00 bits per heavy atom. The summed E-state index contributed by atoms with van der Waals surface area (Å²) >= 11 is 0. The lowest BCUT2D eigenvalue weighted by atomic mass is 10.1. The molecule has 0 radical (unpaired) electrons. The summed E-state index contributed by atoms with van der Waals surface area (Å²) in [7, 11) is 0. The number of aromatic nitrogens is 2. The van der Waals surface area contributed by atoms with Crippen LogP contribution in [0, 0.1) is 6.92 Å². The number of rotatable bonds is 2. The first-order valence-corrected chi connectivity index (χ1v) is 5.99. The largest absolute Gasteiger partial charge is 0.424 e. The molecular formula is C15H13N3O. The first kappa shape index (κ1) is 11.5. The van der Waals surface area contributed by atoms with Crippen LogP contribution in [0.3, 0.4) is 0 Å². The number of ether oxygens (including phenoxy) is 1. The highest BCUT2D eigenvalue weighted by Crippen LogP contribution is 2.31. The quantitative estimate of drug-likeness (QED) is 0.710. The molecule has 4 nitrogen and oxygen atoms in total. The zero-order valence-corrected chi connectivity index (χ0v) is 10.5. The van der Waals surface area contributed by atoms with Gasteiger partial charge in [0.15, 0.2) is 0 Å². The van der Waals surface area contributed by atoms with Crippen LogP contribution in [0.2, 0.25) is 0 Å². The van der Waals surface area contributed by atoms with Crippen LogP contribution in [-0.2, 0) is 0 Å². The third-order valence-corrected chi connectivity index (χ3v) is 2.89. The molecule has 1 heterocycles. The first-order valence-electron chi connectivity index (χ1n) is 5.99. The standard InChI is InChI=1S/C15H13N3O/c1-10-8-9-17-15(18-10)19-14-7-6-13(16)11-4-2-3-5-12(11)14/h2-9H,16H2,1H3. The third kappa shape index (κ3) is 2.20. The number of nitrogens with zero attached hydrogens (tertiary/aromatic N) is 2. The van der Waals surface area contributed by atoms with Crippen molar-refractivity contribution in [2.24, 2.45) is 0 Å². The summed E-state index contributed by atoms with van der Waals surface area (Å²) in [4.78, 5) is 8.33. The molecule has 2 N–H and O–H groups in total. The zero-order chi connectivity index (χ0) is 13.2. The monoisotopic (exact) mass is 251 g/mol. The van der Waals surface area contributed by atoms with E-state index in [0.29, 0.717) is 11.8 Å².